The maximum absolute atomic E-state index is 11.2. The van der Waals surface area contributed by atoms with Gasteiger partial charge in [0.1, 0.15) is 0 Å². The highest BCUT2D eigenvalue weighted by Gasteiger charge is 1.99. The van der Waals surface area contributed by atoms with E-state index in [1.54, 1.807) is 13.0 Å². The van der Waals surface area contributed by atoms with Crippen LogP contribution >= 0.6 is 0 Å². The maximum atomic E-state index is 11.2. The van der Waals surface area contributed by atoms with Crippen LogP contribution in [0.1, 0.15) is 12.5 Å². The Labute approximate surface area is 84.0 Å². The van der Waals surface area contributed by atoms with Crippen LogP contribution in [0.5, 0.6) is 0 Å². The molecular weight excluding hydrogens is 174 g/mol. The molecule has 2 heteroatoms. The lowest BCUT2D eigenvalue weighted by atomic mass is 10.2. The molecule has 0 heterocycles. The average molecular weight is 187 g/mol. The van der Waals surface area contributed by atoms with E-state index < -0.39 is 0 Å². The van der Waals surface area contributed by atoms with Gasteiger partial charge in [-0.05, 0) is 18.6 Å². The lowest BCUT2D eigenvalue weighted by Crippen LogP contribution is -2.18. The topological polar surface area (TPSA) is 29.1 Å². The van der Waals surface area contributed by atoms with E-state index in [2.05, 4.69) is 11.9 Å². The molecule has 0 bridgehead atoms. The monoisotopic (exact) mass is 187 g/mol. The Bertz CT molecular complexity index is 352. The minimum Gasteiger partial charge on any atom is -0.323 e. The maximum Gasteiger partial charge on any atom is 0.248 e. The number of carbonyl (C=O) groups excluding carboxylic acids is 1. The first-order chi connectivity index (χ1) is 6.74. The zero-order valence-electron chi connectivity index (χ0n) is 8.16. The second-order valence-electron chi connectivity index (χ2n) is 2.83. The summed E-state index contributed by atoms with van der Waals surface area (Å²) in [6.07, 6.45) is 3.15. The first kappa shape index (κ1) is 10.3. The molecule has 0 saturated heterocycles. The number of hydrogen-bond acceptors (Lipinski definition) is 1. The molecule has 0 aliphatic rings. The Morgan fingerprint density at radius 2 is 2.00 bits per heavy atom. The number of allylic oxidation sites excluding steroid dienone is 1. The number of nitrogens with one attached hydrogen (secondary N) is 1. The smallest absolute Gasteiger partial charge is 0.248 e. The summed E-state index contributed by atoms with van der Waals surface area (Å²) in [5, 5.41) is 2.68. The van der Waals surface area contributed by atoms with Gasteiger partial charge in [0, 0.05) is 5.70 Å². The summed E-state index contributed by atoms with van der Waals surface area (Å²) in [7, 11) is 0. The van der Waals surface area contributed by atoms with Gasteiger partial charge in [-0.3, -0.25) is 4.79 Å². The van der Waals surface area contributed by atoms with Crippen molar-refractivity contribution in [2.45, 2.75) is 6.92 Å². The largest absolute Gasteiger partial charge is 0.323 e. The zero-order chi connectivity index (χ0) is 10.4. The summed E-state index contributed by atoms with van der Waals surface area (Å²) < 4.78 is 0. The fourth-order valence-corrected chi connectivity index (χ4v) is 1.05. The van der Waals surface area contributed by atoms with Gasteiger partial charge < -0.3 is 5.32 Å². The number of rotatable bonds is 3. The van der Waals surface area contributed by atoms with Gasteiger partial charge in [-0.1, -0.05) is 43.0 Å². The summed E-state index contributed by atoms with van der Waals surface area (Å²) in [6, 6.07) is 9.53. The quantitative estimate of drug-likeness (QED) is 0.723. The third kappa shape index (κ3) is 2.90. The molecule has 0 aromatic heterocycles. The highest BCUT2D eigenvalue weighted by molar-refractivity contribution is 5.94. The van der Waals surface area contributed by atoms with E-state index in [0.717, 1.165) is 5.56 Å². The third-order valence-electron chi connectivity index (χ3n) is 1.71. The molecule has 0 atom stereocenters. The van der Waals surface area contributed by atoms with Gasteiger partial charge in [-0.25, -0.2) is 0 Å². The molecule has 0 radical (unpaired) electrons. The standard InChI is InChI=1S/C12H13NO/c1-3-7-12(14)13-10(2)11-8-5-4-6-9-11/h3-9H,2H2,1H3,(H,13,14)/b7-3+. The Kier molecular flexibility index (Phi) is 3.68. The molecule has 1 N–H and O–H groups in total. The van der Waals surface area contributed by atoms with Gasteiger partial charge in [-0.15, -0.1) is 0 Å². The van der Waals surface area contributed by atoms with Crippen LogP contribution in [0, 0.1) is 0 Å². The van der Waals surface area contributed by atoms with Gasteiger partial charge in [0.05, 0.1) is 0 Å². The van der Waals surface area contributed by atoms with Crippen molar-refractivity contribution in [3.8, 4) is 0 Å². The molecule has 0 fully saturated rings. The molecule has 0 aliphatic heterocycles. The number of carbonyl (C=O) groups is 1. The molecule has 14 heavy (non-hydrogen) atoms. The SMILES string of the molecule is C=C(NC(=O)/C=C/C)c1ccccc1. The van der Waals surface area contributed by atoms with Crippen LogP contribution in [-0.2, 0) is 4.79 Å². The van der Waals surface area contributed by atoms with Gasteiger partial charge in [0.25, 0.3) is 0 Å². The molecular formula is C12H13NO. The molecule has 0 aliphatic carbocycles. The fourth-order valence-electron chi connectivity index (χ4n) is 1.05. The Balaban J connectivity index is 2.64. The van der Waals surface area contributed by atoms with E-state index in [-0.39, 0.29) is 5.91 Å². The van der Waals surface area contributed by atoms with Crippen molar-refractivity contribution in [3.05, 3.63) is 54.6 Å². The highest BCUT2D eigenvalue weighted by atomic mass is 16.1. The van der Waals surface area contributed by atoms with Crippen molar-refractivity contribution in [2.75, 3.05) is 0 Å². The Hall–Kier alpha value is -1.83. The number of hydrogen-bond donors (Lipinski definition) is 1. The molecule has 1 aromatic carbocycles. The summed E-state index contributed by atoms with van der Waals surface area (Å²) in [6.45, 7) is 5.58. The van der Waals surface area contributed by atoms with Crippen LogP contribution in [0.4, 0.5) is 0 Å². The van der Waals surface area contributed by atoms with Crippen molar-refractivity contribution in [3.63, 3.8) is 0 Å². The minimum absolute atomic E-state index is 0.152. The predicted octanol–water partition coefficient (Wildman–Crippen LogP) is 2.35. The van der Waals surface area contributed by atoms with Crippen molar-refractivity contribution in [2.24, 2.45) is 0 Å². The lowest BCUT2D eigenvalue weighted by molar-refractivity contribution is -0.115. The van der Waals surface area contributed by atoms with Crippen LogP contribution in [0.2, 0.25) is 0 Å². The second kappa shape index (κ2) is 5.02. The van der Waals surface area contributed by atoms with Crippen LogP contribution in [0.15, 0.2) is 49.1 Å². The van der Waals surface area contributed by atoms with E-state index in [0.29, 0.717) is 5.70 Å². The van der Waals surface area contributed by atoms with Crippen molar-refractivity contribution < 1.29 is 4.79 Å². The predicted molar refractivity (Wildman–Crippen MR) is 58.4 cm³/mol. The van der Waals surface area contributed by atoms with E-state index in [9.17, 15) is 4.79 Å². The number of benzene rings is 1. The van der Waals surface area contributed by atoms with E-state index in [4.69, 9.17) is 0 Å². The molecule has 1 rings (SSSR count). The summed E-state index contributed by atoms with van der Waals surface area (Å²) in [5.41, 5.74) is 1.54. The normalized spacial score (nSPS) is 10.1. The molecule has 72 valence electrons. The molecule has 1 amide bonds. The molecule has 0 saturated carbocycles. The van der Waals surface area contributed by atoms with Gasteiger partial charge in [0.2, 0.25) is 5.91 Å². The molecule has 0 spiro atoms. The van der Waals surface area contributed by atoms with Crippen LogP contribution < -0.4 is 5.32 Å². The minimum atomic E-state index is -0.152. The first-order valence-electron chi connectivity index (χ1n) is 4.42. The number of amides is 1. The van der Waals surface area contributed by atoms with Crippen molar-refractivity contribution in [1.29, 1.82) is 0 Å². The summed E-state index contributed by atoms with van der Waals surface area (Å²) in [5.74, 6) is -0.152. The average Bonchev–Trinajstić information content (AvgIpc) is 2.19. The lowest BCUT2D eigenvalue weighted by Gasteiger charge is -2.05. The van der Waals surface area contributed by atoms with Gasteiger partial charge in [-0.2, -0.15) is 0 Å². The van der Waals surface area contributed by atoms with Crippen LogP contribution in [0.25, 0.3) is 5.70 Å². The summed E-state index contributed by atoms with van der Waals surface area (Å²) >= 11 is 0. The molecule has 2 nitrogen and oxygen atoms in total. The van der Waals surface area contributed by atoms with Gasteiger partial charge in [0.15, 0.2) is 0 Å². The zero-order valence-corrected chi connectivity index (χ0v) is 8.16. The first-order valence-corrected chi connectivity index (χ1v) is 4.42. The van der Waals surface area contributed by atoms with Crippen LogP contribution in [0.3, 0.4) is 0 Å². The molecule has 1 aromatic rings. The molecule has 0 unspecified atom stereocenters. The Morgan fingerprint density at radius 3 is 2.57 bits per heavy atom. The van der Waals surface area contributed by atoms with Gasteiger partial charge >= 0.3 is 0 Å². The second-order valence-corrected chi connectivity index (χ2v) is 2.83. The third-order valence-corrected chi connectivity index (χ3v) is 1.71. The van der Waals surface area contributed by atoms with Crippen molar-refractivity contribution in [1.82, 2.24) is 5.32 Å². The Morgan fingerprint density at radius 1 is 1.36 bits per heavy atom. The summed E-state index contributed by atoms with van der Waals surface area (Å²) in [4.78, 5) is 11.2. The van der Waals surface area contributed by atoms with E-state index in [1.807, 2.05) is 30.3 Å². The van der Waals surface area contributed by atoms with Crippen molar-refractivity contribution >= 4 is 11.6 Å². The van der Waals surface area contributed by atoms with E-state index in [1.165, 1.54) is 6.08 Å². The highest BCUT2D eigenvalue weighted by Crippen LogP contribution is 2.07. The van der Waals surface area contributed by atoms with Crippen LogP contribution in [-0.4, -0.2) is 5.91 Å². The van der Waals surface area contributed by atoms with E-state index >= 15 is 0 Å². The fraction of sp³-hybridized carbons (Fsp3) is 0.0833.